The van der Waals surface area contributed by atoms with E-state index in [1.807, 2.05) is 19.2 Å². The van der Waals surface area contributed by atoms with Crippen molar-refractivity contribution in [3.8, 4) is 0 Å². The molecule has 3 nitrogen and oxygen atoms in total. The van der Waals surface area contributed by atoms with Crippen molar-refractivity contribution < 1.29 is 4.79 Å². The first-order chi connectivity index (χ1) is 7.04. The van der Waals surface area contributed by atoms with Crippen molar-refractivity contribution >= 4 is 33.2 Å². The Kier molecular flexibility index (Phi) is 4.73. The zero-order valence-electron chi connectivity index (χ0n) is 9.16. The van der Waals surface area contributed by atoms with Gasteiger partial charge in [0, 0.05) is 12.4 Å². The molecular weight excluding hydrogens is 276 g/mol. The first-order valence-corrected chi connectivity index (χ1v) is 6.64. The lowest BCUT2D eigenvalue weighted by atomic mass is 10.3. The number of hydrogen-bond donors (Lipinski definition) is 0. The third kappa shape index (κ3) is 3.57. The summed E-state index contributed by atoms with van der Waals surface area (Å²) in [7, 11) is 1.81. The summed E-state index contributed by atoms with van der Waals surface area (Å²) in [5.41, 5.74) is 0.962. The Bertz CT molecular complexity index is 340. The molecule has 1 unspecified atom stereocenters. The maximum absolute atomic E-state index is 11.7. The first kappa shape index (κ1) is 12.6. The normalized spacial score (nSPS) is 12.5. The summed E-state index contributed by atoms with van der Waals surface area (Å²) in [5.74, 6) is 0.114. The van der Waals surface area contributed by atoms with Crippen molar-refractivity contribution in [3.63, 3.8) is 0 Å². The van der Waals surface area contributed by atoms with Crippen LogP contribution >= 0.6 is 27.3 Å². The molecule has 0 saturated carbocycles. The number of nitrogens with zero attached hydrogens (tertiary/aromatic N) is 2. The highest BCUT2D eigenvalue weighted by atomic mass is 79.9. The van der Waals surface area contributed by atoms with Gasteiger partial charge >= 0.3 is 0 Å². The van der Waals surface area contributed by atoms with E-state index in [0.29, 0.717) is 6.54 Å². The predicted octanol–water partition coefficient (Wildman–Crippen LogP) is 2.58. The highest BCUT2D eigenvalue weighted by Crippen LogP contribution is 2.13. The fraction of sp³-hybridized carbons (Fsp3) is 0.600. The molecule has 0 radical (unpaired) electrons. The molecule has 0 aromatic carbocycles. The number of amides is 1. The van der Waals surface area contributed by atoms with Gasteiger partial charge in [-0.3, -0.25) is 4.79 Å². The monoisotopic (exact) mass is 290 g/mol. The number of carbonyl (C=O) groups is 1. The maximum Gasteiger partial charge on any atom is 0.236 e. The third-order valence-corrected chi connectivity index (χ3v) is 3.93. The molecule has 0 aliphatic carbocycles. The number of hydrogen-bond acceptors (Lipinski definition) is 3. The summed E-state index contributed by atoms with van der Waals surface area (Å²) in [4.78, 5) is 17.7. The fourth-order valence-electron chi connectivity index (χ4n) is 1.22. The van der Waals surface area contributed by atoms with Crippen molar-refractivity contribution in [2.45, 2.75) is 31.6 Å². The number of aryl methyl sites for hydroxylation is 1. The lowest BCUT2D eigenvalue weighted by molar-refractivity contribution is -0.129. The zero-order valence-corrected chi connectivity index (χ0v) is 11.6. The van der Waals surface area contributed by atoms with Crippen LogP contribution < -0.4 is 0 Å². The molecule has 84 valence electrons. The van der Waals surface area contributed by atoms with Crippen molar-refractivity contribution in [3.05, 3.63) is 16.1 Å². The molecule has 0 N–H and O–H groups in total. The van der Waals surface area contributed by atoms with Crippen molar-refractivity contribution in [1.29, 1.82) is 0 Å². The molecule has 1 heterocycles. The van der Waals surface area contributed by atoms with Crippen LogP contribution in [0.3, 0.4) is 0 Å². The largest absolute Gasteiger partial charge is 0.339 e. The van der Waals surface area contributed by atoms with Gasteiger partial charge in [0.25, 0.3) is 0 Å². The molecule has 0 saturated heterocycles. The Hall–Kier alpha value is -0.420. The standard InChI is InChI=1S/C10H15BrN2OS/c1-4-9(11)10(14)13(3)5-8-6-15-7(2)12-8/h6,9H,4-5H2,1-3H3. The molecule has 0 aliphatic heterocycles. The van der Waals surface area contributed by atoms with Crippen molar-refractivity contribution in [2.24, 2.45) is 0 Å². The minimum absolute atomic E-state index is 0.0813. The molecule has 5 heteroatoms. The van der Waals surface area contributed by atoms with E-state index in [1.165, 1.54) is 0 Å². The van der Waals surface area contributed by atoms with Crippen LogP contribution in [0.4, 0.5) is 0 Å². The Morgan fingerprint density at radius 3 is 2.87 bits per heavy atom. The lowest BCUT2D eigenvalue weighted by Gasteiger charge is -2.18. The molecule has 15 heavy (non-hydrogen) atoms. The molecule has 1 atom stereocenters. The third-order valence-electron chi connectivity index (χ3n) is 2.07. The van der Waals surface area contributed by atoms with E-state index in [0.717, 1.165) is 17.1 Å². The van der Waals surface area contributed by atoms with E-state index in [9.17, 15) is 4.79 Å². The summed E-state index contributed by atoms with van der Waals surface area (Å²) in [5, 5.41) is 3.03. The molecule has 1 rings (SSSR count). The van der Waals surface area contributed by atoms with Gasteiger partial charge in [-0.1, -0.05) is 22.9 Å². The van der Waals surface area contributed by atoms with Gasteiger partial charge in [-0.05, 0) is 13.3 Å². The summed E-state index contributed by atoms with van der Waals surface area (Å²) in [6.45, 7) is 4.54. The number of carbonyl (C=O) groups excluding carboxylic acids is 1. The lowest BCUT2D eigenvalue weighted by Crippen LogP contribution is -2.32. The predicted molar refractivity (Wildman–Crippen MR) is 66.3 cm³/mol. The van der Waals surface area contributed by atoms with Crippen LogP contribution in [0, 0.1) is 6.92 Å². The fourth-order valence-corrected chi connectivity index (χ4v) is 2.17. The van der Waals surface area contributed by atoms with E-state index >= 15 is 0 Å². The van der Waals surface area contributed by atoms with Gasteiger partial charge < -0.3 is 4.90 Å². The summed E-state index contributed by atoms with van der Waals surface area (Å²) in [6.07, 6.45) is 0.805. The van der Waals surface area contributed by atoms with Crippen LogP contribution in [-0.2, 0) is 11.3 Å². The van der Waals surface area contributed by atoms with Crippen LogP contribution in [0.1, 0.15) is 24.0 Å². The van der Waals surface area contributed by atoms with Gasteiger partial charge in [0.15, 0.2) is 0 Å². The second-order valence-electron chi connectivity index (χ2n) is 3.43. The zero-order chi connectivity index (χ0) is 11.4. The number of rotatable bonds is 4. The minimum atomic E-state index is -0.0813. The summed E-state index contributed by atoms with van der Waals surface area (Å²) >= 11 is 4.96. The molecule has 0 aliphatic rings. The smallest absolute Gasteiger partial charge is 0.236 e. The molecule has 0 spiro atoms. The molecular formula is C10H15BrN2OS. The molecule has 1 aromatic heterocycles. The second kappa shape index (κ2) is 5.61. The Morgan fingerprint density at radius 1 is 1.73 bits per heavy atom. The van der Waals surface area contributed by atoms with Crippen LogP contribution in [-0.4, -0.2) is 27.7 Å². The van der Waals surface area contributed by atoms with E-state index in [-0.39, 0.29) is 10.7 Å². The van der Waals surface area contributed by atoms with Gasteiger partial charge in [-0.25, -0.2) is 4.98 Å². The molecule has 1 aromatic rings. The number of halogens is 1. The maximum atomic E-state index is 11.7. The van der Waals surface area contributed by atoms with Crippen LogP contribution in [0.2, 0.25) is 0 Å². The van der Waals surface area contributed by atoms with E-state index in [4.69, 9.17) is 0 Å². The Labute approximate surface area is 103 Å². The van der Waals surface area contributed by atoms with Crippen LogP contribution in [0.25, 0.3) is 0 Å². The summed E-state index contributed by atoms with van der Waals surface area (Å²) in [6, 6.07) is 0. The average Bonchev–Trinajstić information content (AvgIpc) is 2.61. The number of aromatic nitrogens is 1. The molecule has 0 bridgehead atoms. The van der Waals surface area contributed by atoms with E-state index in [2.05, 4.69) is 20.9 Å². The molecule has 0 fully saturated rings. The highest BCUT2D eigenvalue weighted by Gasteiger charge is 2.17. The Balaban J connectivity index is 2.55. The molecule has 1 amide bonds. The number of thiazole rings is 1. The van der Waals surface area contributed by atoms with Gasteiger partial charge in [0.05, 0.1) is 22.1 Å². The highest BCUT2D eigenvalue weighted by molar-refractivity contribution is 9.10. The minimum Gasteiger partial charge on any atom is -0.339 e. The van der Waals surface area contributed by atoms with E-state index in [1.54, 1.807) is 23.3 Å². The number of alkyl halides is 1. The van der Waals surface area contributed by atoms with Crippen molar-refractivity contribution in [2.75, 3.05) is 7.05 Å². The second-order valence-corrected chi connectivity index (χ2v) is 5.60. The summed E-state index contributed by atoms with van der Waals surface area (Å²) < 4.78 is 0. The quantitative estimate of drug-likeness (QED) is 0.799. The van der Waals surface area contributed by atoms with Crippen molar-refractivity contribution in [1.82, 2.24) is 9.88 Å². The van der Waals surface area contributed by atoms with Gasteiger partial charge in [-0.2, -0.15) is 0 Å². The Morgan fingerprint density at radius 2 is 2.40 bits per heavy atom. The SMILES string of the molecule is CCC(Br)C(=O)N(C)Cc1csc(C)n1. The van der Waals surface area contributed by atoms with E-state index < -0.39 is 0 Å². The van der Waals surface area contributed by atoms with Gasteiger partial charge in [-0.15, -0.1) is 11.3 Å². The van der Waals surface area contributed by atoms with Crippen LogP contribution in [0.5, 0.6) is 0 Å². The van der Waals surface area contributed by atoms with Gasteiger partial charge in [0.2, 0.25) is 5.91 Å². The topological polar surface area (TPSA) is 33.2 Å². The van der Waals surface area contributed by atoms with Crippen LogP contribution in [0.15, 0.2) is 5.38 Å². The first-order valence-electron chi connectivity index (χ1n) is 4.84. The van der Waals surface area contributed by atoms with Gasteiger partial charge in [0.1, 0.15) is 0 Å². The average molecular weight is 291 g/mol.